The largest absolute Gasteiger partial charge is 0.481 e. The summed E-state index contributed by atoms with van der Waals surface area (Å²) in [5, 5.41) is 20.7. The Labute approximate surface area is 121 Å². The Morgan fingerprint density at radius 3 is 3.05 bits per heavy atom. The number of nitrogens with zero attached hydrogens (tertiary/aromatic N) is 4. The minimum absolute atomic E-state index is 0.0724. The number of carbonyl (C=O) groups is 1. The van der Waals surface area contributed by atoms with E-state index in [1.54, 1.807) is 4.68 Å². The number of benzene rings is 1. The van der Waals surface area contributed by atoms with Crippen LogP contribution in [0.1, 0.15) is 29.3 Å². The summed E-state index contributed by atoms with van der Waals surface area (Å²) in [6.45, 7) is 0.337. The first-order valence-electron chi connectivity index (χ1n) is 6.77. The molecule has 1 aromatic heterocycles. The van der Waals surface area contributed by atoms with E-state index in [-0.39, 0.29) is 12.3 Å². The van der Waals surface area contributed by atoms with Crippen molar-refractivity contribution < 1.29 is 14.6 Å². The first kappa shape index (κ1) is 13.7. The van der Waals surface area contributed by atoms with Crippen molar-refractivity contribution in [2.24, 2.45) is 0 Å². The molecule has 0 amide bonds. The molecule has 21 heavy (non-hydrogen) atoms. The maximum Gasteiger partial charge on any atom is 0.306 e. The van der Waals surface area contributed by atoms with Crippen molar-refractivity contribution in [3.05, 3.63) is 41.2 Å². The van der Waals surface area contributed by atoms with E-state index in [0.29, 0.717) is 6.54 Å². The van der Waals surface area contributed by atoms with Gasteiger partial charge in [-0.1, -0.05) is 24.3 Å². The molecule has 0 radical (unpaired) electrons. The van der Waals surface area contributed by atoms with Crippen LogP contribution in [0.2, 0.25) is 0 Å². The SMILES string of the molecule is COC(CC(=O)O)Cn1nnnc1C1Cc2ccccc21. The summed E-state index contributed by atoms with van der Waals surface area (Å²) >= 11 is 0. The highest BCUT2D eigenvalue weighted by molar-refractivity contribution is 5.67. The summed E-state index contributed by atoms with van der Waals surface area (Å²) in [6.07, 6.45) is 0.393. The summed E-state index contributed by atoms with van der Waals surface area (Å²) in [4.78, 5) is 10.8. The van der Waals surface area contributed by atoms with E-state index in [9.17, 15) is 4.79 Å². The number of hydrogen-bond donors (Lipinski definition) is 1. The van der Waals surface area contributed by atoms with E-state index in [1.165, 1.54) is 18.2 Å². The Bertz CT molecular complexity index is 655. The smallest absolute Gasteiger partial charge is 0.306 e. The zero-order chi connectivity index (χ0) is 14.8. The van der Waals surface area contributed by atoms with Crippen LogP contribution in [0.5, 0.6) is 0 Å². The average Bonchev–Trinajstić information content (AvgIpc) is 2.87. The fourth-order valence-corrected chi connectivity index (χ4v) is 2.69. The molecule has 0 aliphatic heterocycles. The highest BCUT2D eigenvalue weighted by Gasteiger charge is 2.32. The number of carboxylic acid groups (broad SMARTS) is 1. The lowest BCUT2D eigenvalue weighted by molar-refractivity contribution is -0.140. The van der Waals surface area contributed by atoms with Gasteiger partial charge in [-0.25, -0.2) is 4.68 Å². The molecule has 0 bridgehead atoms. The van der Waals surface area contributed by atoms with Crippen molar-refractivity contribution in [3.8, 4) is 0 Å². The number of hydrogen-bond acceptors (Lipinski definition) is 5. The quantitative estimate of drug-likeness (QED) is 0.847. The average molecular weight is 288 g/mol. The van der Waals surface area contributed by atoms with Crippen LogP contribution < -0.4 is 0 Å². The lowest BCUT2D eigenvalue weighted by Gasteiger charge is -2.29. The second-order valence-electron chi connectivity index (χ2n) is 5.13. The monoisotopic (exact) mass is 288 g/mol. The number of methoxy groups -OCH3 is 1. The summed E-state index contributed by atoms with van der Waals surface area (Å²) in [5.74, 6) is 0.0464. The van der Waals surface area contributed by atoms with Crippen molar-refractivity contribution >= 4 is 5.97 Å². The van der Waals surface area contributed by atoms with Crippen molar-refractivity contribution in [2.75, 3.05) is 7.11 Å². The fourth-order valence-electron chi connectivity index (χ4n) is 2.69. The molecule has 7 nitrogen and oxygen atoms in total. The minimum atomic E-state index is -0.898. The Hall–Kier alpha value is -2.28. The Kier molecular flexibility index (Phi) is 3.66. The molecule has 0 fully saturated rings. The van der Waals surface area contributed by atoms with Crippen molar-refractivity contribution in [1.29, 1.82) is 0 Å². The van der Waals surface area contributed by atoms with Crippen molar-refractivity contribution in [1.82, 2.24) is 20.2 Å². The van der Waals surface area contributed by atoms with Gasteiger partial charge in [0.2, 0.25) is 0 Å². The van der Waals surface area contributed by atoms with Crippen LogP contribution >= 0.6 is 0 Å². The molecule has 0 spiro atoms. The molecule has 2 unspecified atom stereocenters. The van der Waals surface area contributed by atoms with E-state index >= 15 is 0 Å². The second-order valence-corrected chi connectivity index (χ2v) is 5.13. The molecule has 1 heterocycles. The number of ether oxygens (including phenoxy) is 1. The predicted molar refractivity (Wildman–Crippen MR) is 72.9 cm³/mol. The summed E-state index contributed by atoms with van der Waals surface area (Å²) < 4.78 is 6.84. The number of fused-ring (bicyclic) bond motifs is 1. The maximum atomic E-state index is 10.8. The number of aromatic nitrogens is 4. The van der Waals surface area contributed by atoms with Gasteiger partial charge in [0.25, 0.3) is 0 Å². The molecule has 3 rings (SSSR count). The van der Waals surface area contributed by atoms with Gasteiger partial charge in [-0.2, -0.15) is 0 Å². The topological polar surface area (TPSA) is 90.1 Å². The normalized spacial score (nSPS) is 17.9. The third kappa shape index (κ3) is 2.64. The van der Waals surface area contributed by atoms with E-state index in [1.807, 2.05) is 12.1 Å². The zero-order valence-corrected chi connectivity index (χ0v) is 11.6. The lowest BCUT2D eigenvalue weighted by Crippen LogP contribution is -2.27. The van der Waals surface area contributed by atoms with Crippen molar-refractivity contribution in [2.45, 2.75) is 31.4 Å². The minimum Gasteiger partial charge on any atom is -0.481 e. The molecule has 1 N–H and O–H groups in total. The Morgan fingerprint density at radius 2 is 2.33 bits per heavy atom. The third-order valence-electron chi connectivity index (χ3n) is 3.84. The molecular weight excluding hydrogens is 272 g/mol. The van der Waals surface area contributed by atoms with Crippen molar-refractivity contribution in [3.63, 3.8) is 0 Å². The summed E-state index contributed by atoms with van der Waals surface area (Å²) in [5.41, 5.74) is 2.55. The maximum absolute atomic E-state index is 10.8. The number of rotatable bonds is 6. The standard InChI is InChI=1S/C14H16N4O3/c1-21-10(7-13(19)20)8-18-14(15-16-17-18)12-6-9-4-2-3-5-11(9)12/h2-5,10,12H,6-8H2,1H3,(H,19,20). The molecule has 1 aliphatic rings. The fraction of sp³-hybridized carbons (Fsp3) is 0.429. The van der Waals surface area contributed by atoms with Crippen LogP contribution in [0.4, 0.5) is 0 Å². The molecule has 110 valence electrons. The molecule has 2 aromatic rings. The molecule has 0 saturated carbocycles. The van der Waals surface area contributed by atoms with Gasteiger partial charge in [-0.05, 0) is 28.0 Å². The van der Waals surface area contributed by atoms with Crippen LogP contribution in [0.3, 0.4) is 0 Å². The van der Waals surface area contributed by atoms with Crippen LogP contribution in [0.25, 0.3) is 0 Å². The Morgan fingerprint density at radius 1 is 1.52 bits per heavy atom. The molecule has 0 saturated heterocycles. The van der Waals surface area contributed by atoms with Gasteiger partial charge >= 0.3 is 5.97 Å². The lowest BCUT2D eigenvalue weighted by atomic mass is 9.77. The molecular formula is C14H16N4O3. The van der Waals surface area contributed by atoms with Gasteiger partial charge in [0.05, 0.1) is 25.0 Å². The van der Waals surface area contributed by atoms with Gasteiger partial charge in [-0.15, -0.1) is 5.10 Å². The predicted octanol–water partition coefficient (Wildman–Crippen LogP) is 0.851. The van der Waals surface area contributed by atoms with E-state index in [2.05, 4.69) is 27.7 Å². The van der Waals surface area contributed by atoms with E-state index in [0.717, 1.165) is 12.2 Å². The van der Waals surface area contributed by atoms with Crippen LogP contribution in [-0.2, 0) is 22.5 Å². The number of tetrazole rings is 1. The Balaban J connectivity index is 1.78. The summed E-state index contributed by atoms with van der Waals surface area (Å²) in [7, 11) is 1.50. The second kappa shape index (κ2) is 5.61. The van der Waals surface area contributed by atoms with E-state index < -0.39 is 12.1 Å². The zero-order valence-electron chi connectivity index (χ0n) is 11.6. The highest BCUT2D eigenvalue weighted by atomic mass is 16.5. The van der Waals surface area contributed by atoms with Crippen LogP contribution in [-0.4, -0.2) is 44.5 Å². The summed E-state index contributed by atoms with van der Waals surface area (Å²) in [6, 6.07) is 8.20. The number of carboxylic acids is 1. The van der Waals surface area contributed by atoms with Crippen LogP contribution in [0.15, 0.2) is 24.3 Å². The number of aliphatic carboxylic acids is 1. The van der Waals surface area contributed by atoms with Gasteiger partial charge in [0.15, 0.2) is 5.82 Å². The molecule has 1 aliphatic carbocycles. The molecule has 1 aromatic carbocycles. The van der Waals surface area contributed by atoms with Gasteiger partial charge in [0, 0.05) is 7.11 Å². The first-order chi connectivity index (χ1) is 10.2. The van der Waals surface area contributed by atoms with Gasteiger partial charge in [0.1, 0.15) is 0 Å². The van der Waals surface area contributed by atoms with Crippen LogP contribution in [0, 0.1) is 0 Å². The van der Waals surface area contributed by atoms with Gasteiger partial charge < -0.3 is 9.84 Å². The van der Waals surface area contributed by atoms with E-state index in [4.69, 9.17) is 9.84 Å². The first-order valence-corrected chi connectivity index (χ1v) is 6.77. The van der Waals surface area contributed by atoms with Gasteiger partial charge in [-0.3, -0.25) is 4.79 Å². The molecule has 2 atom stereocenters. The third-order valence-corrected chi connectivity index (χ3v) is 3.84. The molecule has 7 heteroatoms. The highest BCUT2D eigenvalue weighted by Crippen LogP contribution is 2.38.